The molecule has 2 aliphatic heterocycles. The molecule has 2 N–H and O–H groups in total. The highest BCUT2D eigenvalue weighted by Gasteiger charge is 2.21. The van der Waals surface area contributed by atoms with Gasteiger partial charge in [-0.25, -0.2) is 14.4 Å². The molecule has 2 aliphatic rings. The van der Waals surface area contributed by atoms with Crippen molar-refractivity contribution in [3.8, 4) is 5.75 Å². The fraction of sp³-hybridized carbons (Fsp3) is 0.407. The second-order valence-corrected chi connectivity index (χ2v) is 9.42. The van der Waals surface area contributed by atoms with Crippen molar-refractivity contribution in [3.05, 3.63) is 77.9 Å². The van der Waals surface area contributed by atoms with E-state index in [-0.39, 0.29) is 11.9 Å². The summed E-state index contributed by atoms with van der Waals surface area (Å²) in [5, 5.41) is 0. The monoisotopic (exact) mass is 476 g/mol. The Kier molecular flexibility index (Phi) is 7.39. The van der Waals surface area contributed by atoms with E-state index < -0.39 is 0 Å². The summed E-state index contributed by atoms with van der Waals surface area (Å²) in [4.78, 5) is 15.4. The van der Waals surface area contributed by atoms with Crippen LogP contribution in [0.15, 0.2) is 60.9 Å². The van der Waals surface area contributed by atoms with Crippen LogP contribution in [-0.4, -0.2) is 65.1 Å². The van der Waals surface area contributed by atoms with Crippen LogP contribution in [0.4, 0.5) is 16.0 Å². The van der Waals surface area contributed by atoms with Gasteiger partial charge in [0.1, 0.15) is 29.3 Å². The summed E-state index contributed by atoms with van der Waals surface area (Å²) in [6.07, 6.45) is 5.36. The lowest BCUT2D eigenvalue weighted by Gasteiger charge is -2.35. The molecule has 5 rings (SSSR count). The SMILES string of the molecule is Nc1cc(CN2CCC(Oc3ccc(CN4CCN(c5ccc(F)cn5)CC4)cc3)CC2)ccn1. The summed E-state index contributed by atoms with van der Waals surface area (Å²) in [5.74, 6) is 2.08. The first-order valence-corrected chi connectivity index (χ1v) is 12.4. The van der Waals surface area contributed by atoms with E-state index in [4.69, 9.17) is 10.5 Å². The summed E-state index contributed by atoms with van der Waals surface area (Å²) >= 11 is 0. The van der Waals surface area contributed by atoms with E-state index >= 15 is 0 Å². The van der Waals surface area contributed by atoms with Gasteiger partial charge in [0.05, 0.1) is 6.20 Å². The van der Waals surface area contributed by atoms with Gasteiger partial charge in [-0.3, -0.25) is 9.80 Å². The van der Waals surface area contributed by atoms with Crippen molar-refractivity contribution in [2.24, 2.45) is 0 Å². The van der Waals surface area contributed by atoms with Crippen LogP contribution in [0.1, 0.15) is 24.0 Å². The van der Waals surface area contributed by atoms with Gasteiger partial charge in [-0.2, -0.15) is 0 Å². The van der Waals surface area contributed by atoms with Crippen molar-refractivity contribution in [2.75, 3.05) is 49.9 Å². The molecular weight excluding hydrogens is 443 g/mol. The Labute approximate surface area is 206 Å². The predicted molar refractivity (Wildman–Crippen MR) is 136 cm³/mol. The second kappa shape index (κ2) is 11.0. The minimum absolute atomic E-state index is 0.257. The molecule has 7 nitrogen and oxygen atoms in total. The highest BCUT2D eigenvalue weighted by atomic mass is 19.1. The highest BCUT2D eigenvalue weighted by Crippen LogP contribution is 2.22. The molecule has 0 spiro atoms. The maximum absolute atomic E-state index is 13.1. The van der Waals surface area contributed by atoms with Crippen molar-refractivity contribution < 1.29 is 9.13 Å². The number of piperazine rings is 1. The molecule has 2 saturated heterocycles. The molecule has 0 aliphatic carbocycles. The van der Waals surface area contributed by atoms with E-state index in [1.165, 1.54) is 23.4 Å². The summed E-state index contributed by atoms with van der Waals surface area (Å²) < 4.78 is 19.4. The smallest absolute Gasteiger partial charge is 0.141 e. The minimum Gasteiger partial charge on any atom is -0.490 e. The Bertz CT molecular complexity index is 1080. The number of likely N-dealkylation sites (tertiary alicyclic amines) is 1. The highest BCUT2D eigenvalue weighted by molar-refractivity contribution is 5.38. The lowest BCUT2D eigenvalue weighted by molar-refractivity contribution is 0.0967. The molecule has 0 saturated carbocycles. The Balaban J connectivity index is 1.04. The third-order valence-corrected chi connectivity index (χ3v) is 6.83. The predicted octanol–water partition coefficient (Wildman–Crippen LogP) is 3.56. The maximum Gasteiger partial charge on any atom is 0.141 e. The first-order chi connectivity index (χ1) is 17.1. The van der Waals surface area contributed by atoms with Crippen LogP contribution >= 0.6 is 0 Å². The van der Waals surface area contributed by atoms with E-state index in [0.717, 1.165) is 76.8 Å². The average Bonchev–Trinajstić information content (AvgIpc) is 2.88. The molecule has 4 heterocycles. The van der Waals surface area contributed by atoms with Crippen LogP contribution in [0.25, 0.3) is 0 Å². The zero-order chi connectivity index (χ0) is 24.0. The molecule has 2 aromatic heterocycles. The Morgan fingerprint density at radius 3 is 2.23 bits per heavy atom. The Hall–Kier alpha value is -3.23. The molecule has 0 amide bonds. The molecule has 0 bridgehead atoms. The number of aromatic nitrogens is 2. The maximum atomic E-state index is 13.1. The zero-order valence-electron chi connectivity index (χ0n) is 20.0. The first-order valence-electron chi connectivity index (χ1n) is 12.4. The number of piperidine rings is 1. The number of benzene rings is 1. The normalized spacial score (nSPS) is 18.0. The van der Waals surface area contributed by atoms with Crippen LogP contribution in [0, 0.1) is 5.82 Å². The number of nitrogen functional groups attached to an aromatic ring is 1. The second-order valence-electron chi connectivity index (χ2n) is 9.42. The van der Waals surface area contributed by atoms with E-state index in [0.29, 0.717) is 5.82 Å². The average molecular weight is 477 g/mol. The first kappa shape index (κ1) is 23.5. The molecule has 184 valence electrons. The molecular formula is C27H33FN6O. The van der Waals surface area contributed by atoms with E-state index in [2.05, 4.69) is 48.9 Å². The molecule has 1 aromatic carbocycles. The van der Waals surface area contributed by atoms with Crippen molar-refractivity contribution >= 4 is 11.6 Å². The van der Waals surface area contributed by atoms with Gasteiger partial charge in [0, 0.05) is 58.6 Å². The van der Waals surface area contributed by atoms with Gasteiger partial charge in [0.25, 0.3) is 0 Å². The number of nitrogens with two attached hydrogens (primary N) is 1. The van der Waals surface area contributed by atoms with Crippen molar-refractivity contribution in [1.29, 1.82) is 0 Å². The fourth-order valence-corrected chi connectivity index (χ4v) is 4.85. The number of pyridine rings is 2. The van der Waals surface area contributed by atoms with Crippen LogP contribution in [-0.2, 0) is 13.1 Å². The van der Waals surface area contributed by atoms with Gasteiger partial charge < -0.3 is 15.4 Å². The lowest BCUT2D eigenvalue weighted by Crippen LogP contribution is -2.46. The Morgan fingerprint density at radius 1 is 0.829 bits per heavy atom. The molecule has 0 unspecified atom stereocenters. The van der Waals surface area contributed by atoms with Crippen molar-refractivity contribution in [2.45, 2.75) is 32.0 Å². The third-order valence-electron chi connectivity index (χ3n) is 6.83. The lowest BCUT2D eigenvalue weighted by atomic mass is 10.1. The summed E-state index contributed by atoms with van der Waals surface area (Å²) in [6.45, 7) is 7.57. The van der Waals surface area contributed by atoms with Crippen molar-refractivity contribution in [1.82, 2.24) is 19.8 Å². The summed E-state index contributed by atoms with van der Waals surface area (Å²) in [7, 11) is 0. The molecule has 2 fully saturated rings. The summed E-state index contributed by atoms with van der Waals surface area (Å²) in [6, 6.07) is 15.8. The van der Waals surface area contributed by atoms with Crippen LogP contribution < -0.4 is 15.4 Å². The zero-order valence-corrected chi connectivity index (χ0v) is 20.0. The van der Waals surface area contributed by atoms with Gasteiger partial charge in [0.15, 0.2) is 0 Å². The van der Waals surface area contributed by atoms with E-state index in [1.54, 1.807) is 12.3 Å². The van der Waals surface area contributed by atoms with E-state index in [1.807, 2.05) is 12.1 Å². The van der Waals surface area contributed by atoms with Gasteiger partial charge in [0.2, 0.25) is 0 Å². The number of halogens is 1. The third kappa shape index (κ3) is 6.46. The minimum atomic E-state index is -0.294. The molecule has 35 heavy (non-hydrogen) atoms. The van der Waals surface area contributed by atoms with Crippen LogP contribution in [0.3, 0.4) is 0 Å². The largest absolute Gasteiger partial charge is 0.490 e. The molecule has 8 heteroatoms. The number of ether oxygens (including phenoxy) is 1. The number of hydrogen-bond donors (Lipinski definition) is 1. The molecule has 3 aromatic rings. The molecule has 0 atom stereocenters. The van der Waals surface area contributed by atoms with E-state index in [9.17, 15) is 4.39 Å². The quantitative estimate of drug-likeness (QED) is 0.559. The Morgan fingerprint density at radius 2 is 1.54 bits per heavy atom. The number of anilines is 2. The van der Waals surface area contributed by atoms with Gasteiger partial charge in [-0.15, -0.1) is 0 Å². The molecule has 0 radical (unpaired) electrons. The number of hydrogen-bond acceptors (Lipinski definition) is 7. The van der Waals surface area contributed by atoms with Crippen molar-refractivity contribution in [3.63, 3.8) is 0 Å². The van der Waals surface area contributed by atoms with Crippen LogP contribution in [0.2, 0.25) is 0 Å². The number of rotatable bonds is 7. The summed E-state index contributed by atoms with van der Waals surface area (Å²) in [5.41, 5.74) is 8.30. The van der Waals surface area contributed by atoms with Gasteiger partial charge in [-0.1, -0.05) is 12.1 Å². The standard InChI is InChI=1S/C27H33FN6O/c28-23-3-6-27(31-18-23)34-15-13-33(14-16-34)19-21-1-4-24(5-2-21)35-25-8-11-32(12-9-25)20-22-7-10-30-26(29)17-22/h1-7,10,17-18,25H,8-9,11-16,19-20H2,(H2,29,30). The van der Waals surface area contributed by atoms with Gasteiger partial charge >= 0.3 is 0 Å². The van der Waals surface area contributed by atoms with Crippen LogP contribution in [0.5, 0.6) is 5.75 Å². The topological polar surface area (TPSA) is 70.8 Å². The fourth-order valence-electron chi connectivity index (χ4n) is 4.85. The van der Waals surface area contributed by atoms with Gasteiger partial charge in [-0.05, 0) is 60.4 Å². The number of nitrogens with zero attached hydrogens (tertiary/aromatic N) is 5.